The van der Waals surface area contributed by atoms with E-state index in [-0.39, 0.29) is 12.3 Å². The molecular formula is C10H20N2O3. The molecule has 0 aromatic rings. The summed E-state index contributed by atoms with van der Waals surface area (Å²) in [4.78, 5) is 22.1. The van der Waals surface area contributed by atoms with Gasteiger partial charge in [-0.3, -0.25) is 4.79 Å². The molecule has 0 aromatic carbocycles. The molecule has 88 valence electrons. The second-order valence-corrected chi connectivity index (χ2v) is 4.97. The predicted molar refractivity (Wildman–Crippen MR) is 57.4 cm³/mol. The molecule has 0 atom stereocenters. The molecular weight excluding hydrogens is 196 g/mol. The molecule has 5 nitrogen and oxygen atoms in total. The van der Waals surface area contributed by atoms with Crippen LogP contribution < -0.4 is 11.1 Å². The molecule has 0 spiro atoms. The summed E-state index contributed by atoms with van der Waals surface area (Å²) >= 11 is 0. The van der Waals surface area contributed by atoms with Crippen LogP contribution in [0.5, 0.6) is 0 Å². The third-order valence-corrected chi connectivity index (χ3v) is 1.98. The Morgan fingerprint density at radius 3 is 2.07 bits per heavy atom. The van der Waals surface area contributed by atoms with Crippen LogP contribution in [0.25, 0.3) is 0 Å². The predicted octanol–water partition coefficient (Wildman–Crippen LogP) is 0.483. The van der Waals surface area contributed by atoms with Crippen molar-refractivity contribution >= 4 is 11.9 Å². The van der Waals surface area contributed by atoms with E-state index in [4.69, 9.17) is 10.8 Å². The Morgan fingerprint density at radius 2 is 1.73 bits per heavy atom. The van der Waals surface area contributed by atoms with Crippen molar-refractivity contribution in [2.24, 2.45) is 5.73 Å². The number of carbonyl (C=O) groups is 2. The molecule has 1 amide bonds. The number of carbonyl (C=O) groups excluding carboxylic acids is 1. The highest BCUT2D eigenvalue weighted by molar-refractivity contribution is 5.86. The van der Waals surface area contributed by atoms with Crippen molar-refractivity contribution in [1.82, 2.24) is 5.32 Å². The van der Waals surface area contributed by atoms with Crippen molar-refractivity contribution < 1.29 is 14.7 Å². The van der Waals surface area contributed by atoms with Crippen LogP contribution in [0.2, 0.25) is 0 Å². The number of aliphatic carboxylic acids is 1. The van der Waals surface area contributed by atoms with Gasteiger partial charge in [0.05, 0.1) is 0 Å². The molecule has 5 heteroatoms. The van der Waals surface area contributed by atoms with E-state index in [0.717, 1.165) is 0 Å². The first-order valence-corrected chi connectivity index (χ1v) is 4.88. The third kappa shape index (κ3) is 6.06. The van der Waals surface area contributed by atoms with E-state index >= 15 is 0 Å². The molecule has 0 radical (unpaired) electrons. The Labute approximate surface area is 90.0 Å². The van der Waals surface area contributed by atoms with Gasteiger partial charge in [0.1, 0.15) is 5.54 Å². The van der Waals surface area contributed by atoms with Gasteiger partial charge in [-0.15, -0.1) is 0 Å². The van der Waals surface area contributed by atoms with Crippen LogP contribution in [-0.2, 0) is 9.59 Å². The minimum Gasteiger partial charge on any atom is -0.480 e. The van der Waals surface area contributed by atoms with E-state index in [0.29, 0.717) is 6.42 Å². The average Bonchev–Trinajstić information content (AvgIpc) is 1.98. The van der Waals surface area contributed by atoms with Gasteiger partial charge in [-0.05, 0) is 34.1 Å². The van der Waals surface area contributed by atoms with Crippen molar-refractivity contribution in [3.8, 4) is 0 Å². The fourth-order valence-electron chi connectivity index (χ4n) is 0.900. The monoisotopic (exact) mass is 216 g/mol. The lowest BCUT2D eigenvalue weighted by atomic mass is 9.99. The first kappa shape index (κ1) is 13.9. The average molecular weight is 216 g/mol. The Kier molecular flexibility index (Phi) is 4.27. The SMILES string of the molecule is CC(C)(N)CCC(=O)NC(C)(C)C(=O)O. The van der Waals surface area contributed by atoms with Crippen molar-refractivity contribution in [3.05, 3.63) is 0 Å². The van der Waals surface area contributed by atoms with Crippen molar-refractivity contribution in [3.63, 3.8) is 0 Å². The summed E-state index contributed by atoms with van der Waals surface area (Å²) in [5.41, 5.74) is 4.07. The van der Waals surface area contributed by atoms with E-state index in [1.165, 1.54) is 13.8 Å². The second-order valence-electron chi connectivity index (χ2n) is 4.97. The van der Waals surface area contributed by atoms with Crippen molar-refractivity contribution in [1.29, 1.82) is 0 Å². The number of nitrogens with two attached hydrogens (primary N) is 1. The first-order chi connectivity index (χ1) is 6.54. The minimum absolute atomic E-state index is 0.236. The quantitative estimate of drug-likeness (QED) is 0.623. The van der Waals surface area contributed by atoms with Crippen LogP contribution >= 0.6 is 0 Å². The van der Waals surface area contributed by atoms with Gasteiger partial charge in [0, 0.05) is 12.0 Å². The molecule has 4 N–H and O–H groups in total. The Morgan fingerprint density at radius 1 is 1.27 bits per heavy atom. The molecule has 0 aliphatic rings. The van der Waals surface area contributed by atoms with Gasteiger partial charge in [-0.1, -0.05) is 0 Å². The number of hydrogen-bond acceptors (Lipinski definition) is 3. The molecule has 0 rings (SSSR count). The Balaban J connectivity index is 4.11. The molecule has 0 aliphatic carbocycles. The maximum Gasteiger partial charge on any atom is 0.328 e. The van der Waals surface area contributed by atoms with E-state index in [1.54, 1.807) is 0 Å². The van der Waals surface area contributed by atoms with Gasteiger partial charge in [0.2, 0.25) is 5.91 Å². The summed E-state index contributed by atoms with van der Waals surface area (Å²) < 4.78 is 0. The maximum absolute atomic E-state index is 11.4. The number of carboxylic acid groups (broad SMARTS) is 1. The zero-order valence-corrected chi connectivity index (χ0v) is 9.76. The zero-order valence-electron chi connectivity index (χ0n) is 9.76. The minimum atomic E-state index is -1.23. The van der Waals surface area contributed by atoms with Gasteiger partial charge < -0.3 is 16.2 Å². The number of rotatable bonds is 5. The lowest BCUT2D eigenvalue weighted by Gasteiger charge is -2.23. The highest BCUT2D eigenvalue weighted by Crippen LogP contribution is 2.08. The topological polar surface area (TPSA) is 92.4 Å². The summed E-state index contributed by atoms with van der Waals surface area (Å²) in [6.45, 7) is 6.53. The zero-order chi connectivity index (χ0) is 12.3. The standard InChI is InChI=1S/C10H20N2O3/c1-9(2,11)6-5-7(13)12-10(3,4)8(14)15/h5-6,11H2,1-4H3,(H,12,13)(H,14,15). The van der Waals surface area contributed by atoms with Crippen LogP contribution in [0.15, 0.2) is 0 Å². The lowest BCUT2D eigenvalue weighted by Crippen LogP contribution is -2.50. The maximum atomic E-state index is 11.4. The van der Waals surface area contributed by atoms with Gasteiger partial charge in [-0.2, -0.15) is 0 Å². The summed E-state index contributed by atoms with van der Waals surface area (Å²) in [5.74, 6) is -1.34. The van der Waals surface area contributed by atoms with Gasteiger partial charge >= 0.3 is 5.97 Å². The second kappa shape index (κ2) is 4.61. The molecule has 15 heavy (non-hydrogen) atoms. The number of amides is 1. The molecule has 0 aliphatic heterocycles. The van der Waals surface area contributed by atoms with E-state index < -0.39 is 17.0 Å². The lowest BCUT2D eigenvalue weighted by molar-refractivity contribution is -0.146. The first-order valence-electron chi connectivity index (χ1n) is 4.88. The Bertz CT molecular complexity index is 254. The van der Waals surface area contributed by atoms with Gasteiger partial charge in [0.15, 0.2) is 0 Å². The largest absolute Gasteiger partial charge is 0.480 e. The molecule has 0 aromatic heterocycles. The van der Waals surface area contributed by atoms with Crippen LogP contribution in [0.1, 0.15) is 40.5 Å². The van der Waals surface area contributed by atoms with E-state index in [9.17, 15) is 9.59 Å². The molecule has 0 saturated heterocycles. The van der Waals surface area contributed by atoms with Gasteiger partial charge in [0.25, 0.3) is 0 Å². The molecule has 0 fully saturated rings. The van der Waals surface area contributed by atoms with Crippen LogP contribution in [0.4, 0.5) is 0 Å². The van der Waals surface area contributed by atoms with Crippen LogP contribution in [0, 0.1) is 0 Å². The molecule has 0 unspecified atom stereocenters. The van der Waals surface area contributed by atoms with Crippen molar-refractivity contribution in [2.45, 2.75) is 51.6 Å². The summed E-state index contributed by atoms with van der Waals surface area (Å²) in [5, 5.41) is 11.2. The highest BCUT2D eigenvalue weighted by Gasteiger charge is 2.29. The molecule has 0 saturated carbocycles. The van der Waals surface area contributed by atoms with E-state index in [1.807, 2.05) is 13.8 Å². The fourth-order valence-corrected chi connectivity index (χ4v) is 0.900. The summed E-state index contributed by atoms with van der Waals surface area (Å²) in [6, 6.07) is 0. The van der Waals surface area contributed by atoms with Crippen molar-refractivity contribution in [2.75, 3.05) is 0 Å². The number of nitrogens with one attached hydrogen (secondary N) is 1. The highest BCUT2D eigenvalue weighted by atomic mass is 16.4. The Hall–Kier alpha value is -1.10. The smallest absolute Gasteiger partial charge is 0.328 e. The summed E-state index contributed by atoms with van der Waals surface area (Å²) in [6.07, 6.45) is 0.759. The number of hydrogen-bond donors (Lipinski definition) is 3. The number of carboxylic acids is 1. The molecule has 0 bridgehead atoms. The normalized spacial score (nSPS) is 12.3. The van der Waals surface area contributed by atoms with E-state index in [2.05, 4.69) is 5.32 Å². The van der Waals surface area contributed by atoms with Crippen LogP contribution in [-0.4, -0.2) is 28.1 Å². The molecule has 0 heterocycles. The van der Waals surface area contributed by atoms with Crippen LogP contribution in [0.3, 0.4) is 0 Å². The van der Waals surface area contributed by atoms with Gasteiger partial charge in [-0.25, -0.2) is 4.79 Å². The fraction of sp³-hybridized carbons (Fsp3) is 0.800. The summed E-state index contributed by atoms with van der Waals surface area (Å²) in [7, 11) is 0. The third-order valence-electron chi connectivity index (χ3n) is 1.98.